The van der Waals surface area contributed by atoms with Gasteiger partial charge in [-0.1, -0.05) is 43.0 Å². The number of hydrogen-bond donors (Lipinski definition) is 0. The summed E-state index contributed by atoms with van der Waals surface area (Å²) in [5, 5.41) is 0.318. The lowest BCUT2D eigenvalue weighted by Gasteiger charge is -2.40. The van der Waals surface area contributed by atoms with Gasteiger partial charge in [-0.2, -0.15) is 4.31 Å². The quantitative estimate of drug-likeness (QED) is 0.837. The second kappa shape index (κ2) is 5.66. The summed E-state index contributed by atoms with van der Waals surface area (Å²) >= 11 is 6.06. The summed E-state index contributed by atoms with van der Waals surface area (Å²) < 4.78 is 27.1. The SMILES string of the molecule is O=S(=O)(c1ccccc1Cl)N1CC[C@@H]2CCCC[C@@H]2C1. The largest absolute Gasteiger partial charge is 0.244 e. The first-order valence-corrected chi connectivity index (χ1v) is 9.15. The molecular weight excluding hydrogens is 294 g/mol. The monoisotopic (exact) mass is 313 g/mol. The van der Waals surface area contributed by atoms with Gasteiger partial charge in [-0.05, 0) is 36.8 Å². The first kappa shape index (κ1) is 14.4. The molecule has 1 aliphatic heterocycles. The molecule has 110 valence electrons. The van der Waals surface area contributed by atoms with Crippen LogP contribution in [0.25, 0.3) is 0 Å². The van der Waals surface area contributed by atoms with Crippen LogP contribution in [0.2, 0.25) is 5.02 Å². The Morgan fingerprint density at radius 2 is 1.75 bits per heavy atom. The van der Waals surface area contributed by atoms with Crippen LogP contribution in [-0.2, 0) is 10.0 Å². The number of rotatable bonds is 2. The lowest BCUT2D eigenvalue weighted by Crippen LogP contribution is -2.44. The van der Waals surface area contributed by atoms with Crippen molar-refractivity contribution in [3.05, 3.63) is 29.3 Å². The molecule has 1 saturated carbocycles. The Labute approximate surface area is 126 Å². The van der Waals surface area contributed by atoms with E-state index in [1.165, 1.54) is 25.7 Å². The van der Waals surface area contributed by atoms with E-state index in [9.17, 15) is 8.42 Å². The van der Waals surface area contributed by atoms with Gasteiger partial charge in [-0.25, -0.2) is 8.42 Å². The molecule has 0 radical (unpaired) electrons. The van der Waals surface area contributed by atoms with E-state index in [2.05, 4.69) is 0 Å². The van der Waals surface area contributed by atoms with E-state index in [0.717, 1.165) is 12.3 Å². The van der Waals surface area contributed by atoms with Crippen LogP contribution < -0.4 is 0 Å². The van der Waals surface area contributed by atoms with Crippen LogP contribution in [0.3, 0.4) is 0 Å². The zero-order chi connectivity index (χ0) is 14.2. The Morgan fingerprint density at radius 3 is 2.50 bits per heavy atom. The maximum atomic E-state index is 12.7. The number of nitrogens with zero attached hydrogens (tertiary/aromatic N) is 1. The predicted molar refractivity (Wildman–Crippen MR) is 80.3 cm³/mol. The normalized spacial score (nSPS) is 28.1. The molecule has 1 heterocycles. The first-order valence-electron chi connectivity index (χ1n) is 7.34. The molecule has 3 rings (SSSR count). The van der Waals surface area contributed by atoms with E-state index in [1.807, 2.05) is 0 Å². The number of sulfonamides is 1. The van der Waals surface area contributed by atoms with E-state index >= 15 is 0 Å². The van der Waals surface area contributed by atoms with Crippen molar-refractivity contribution in [3.8, 4) is 0 Å². The molecule has 0 N–H and O–H groups in total. The molecule has 2 aliphatic rings. The fraction of sp³-hybridized carbons (Fsp3) is 0.600. The van der Waals surface area contributed by atoms with Gasteiger partial charge < -0.3 is 0 Å². The van der Waals surface area contributed by atoms with Gasteiger partial charge in [0.1, 0.15) is 4.90 Å². The van der Waals surface area contributed by atoms with Crippen LogP contribution >= 0.6 is 11.6 Å². The summed E-state index contributed by atoms with van der Waals surface area (Å²) in [4.78, 5) is 0.246. The molecular formula is C15H20ClNO2S. The maximum Gasteiger partial charge on any atom is 0.244 e. The van der Waals surface area contributed by atoms with Crippen LogP contribution in [0, 0.1) is 11.8 Å². The van der Waals surface area contributed by atoms with Gasteiger partial charge in [0.25, 0.3) is 0 Å². The third kappa shape index (κ3) is 2.61. The number of piperidine rings is 1. The topological polar surface area (TPSA) is 37.4 Å². The highest BCUT2D eigenvalue weighted by atomic mass is 35.5. The van der Waals surface area contributed by atoms with Crippen molar-refractivity contribution in [2.45, 2.75) is 37.0 Å². The minimum absolute atomic E-state index is 0.246. The average Bonchev–Trinajstić information content (AvgIpc) is 2.47. The zero-order valence-corrected chi connectivity index (χ0v) is 13.0. The Balaban J connectivity index is 1.84. The highest BCUT2D eigenvalue weighted by Gasteiger charge is 2.36. The van der Waals surface area contributed by atoms with Crippen molar-refractivity contribution in [1.29, 1.82) is 0 Å². The summed E-state index contributed by atoms with van der Waals surface area (Å²) in [6.45, 7) is 1.30. The number of hydrogen-bond acceptors (Lipinski definition) is 2. The Hall–Kier alpha value is -0.580. The van der Waals surface area contributed by atoms with Crippen molar-refractivity contribution >= 4 is 21.6 Å². The minimum atomic E-state index is -3.44. The Kier molecular flexibility index (Phi) is 4.07. The predicted octanol–water partition coefficient (Wildman–Crippen LogP) is 3.54. The molecule has 5 heteroatoms. The molecule has 0 bridgehead atoms. The molecule has 0 unspecified atom stereocenters. The highest BCUT2D eigenvalue weighted by Crippen LogP contribution is 2.38. The Bertz CT molecular complexity index is 587. The van der Waals surface area contributed by atoms with Crippen molar-refractivity contribution < 1.29 is 8.42 Å². The lowest BCUT2D eigenvalue weighted by atomic mass is 9.76. The molecule has 3 nitrogen and oxygen atoms in total. The third-order valence-corrected chi connectivity index (χ3v) is 7.07. The van der Waals surface area contributed by atoms with Crippen molar-refractivity contribution in [1.82, 2.24) is 4.31 Å². The molecule has 0 spiro atoms. The molecule has 0 amide bonds. The average molecular weight is 314 g/mol. The van der Waals surface area contributed by atoms with Gasteiger partial charge in [0.15, 0.2) is 0 Å². The molecule has 1 saturated heterocycles. The smallest absolute Gasteiger partial charge is 0.207 e. The van der Waals surface area contributed by atoms with E-state index in [0.29, 0.717) is 24.0 Å². The standard InChI is InChI=1S/C15H20ClNO2S/c16-14-7-3-4-8-15(14)20(18,19)17-10-9-12-5-1-2-6-13(12)11-17/h3-4,7-8,12-13H,1-2,5-6,9-11H2/t12-,13+/m0/s1. The van der Waals surface area contributed by atoms with Crippen LogP contribution in [0.1, 0.15) is 32.1 Å². The summed E-state index contributed by atoms with van der Waals surface area (Å²) in [5.74, 6) is 1.26. The van der Waals surface area contributed by atoms with Gasteiger partial charge in [-0.15, -0.1) is 0 Å². The van der Waals surface area contributed by atoms with Crippen molar-refractivity contribution in [3.63, 3.8) is 0 Å². The molecule has 1 aliphatic carbocycles. The minimum Gasteiger partial charge on any atom is -0.207 e. The lowest BCUT2D eigenvalue weighted by molar-refractivity contribution is 0.136. The molecule has 20 heavy (non-hydrogen) atoms. The zero-order valence-electron chi connectivity index (χ0n) is 11.5. The van der Waals surface area contributed by atoms with E-state index in [-0.39, 0.29) is 4.90 Å². The van der Waals surface area contributed by atoms with E-state index in [1.54, 1.807) is 28.6 Å². The van der Waals surface area contributed by atoms with Gasteiger partial charge >= 0.3 is 0 Å². The summed E-state index contributed by atoms with van der Waals surface area (Å²) in [6, 6.07) is 6.73. The van der Waals surface area contributed by atoms with Crippen LogP contribution in [-0.4, -0.2) is 25.8 Å². The van der Waals surface area contributed by atoms with Gasteiger partial charge in [-0.3, -0.25) is 0 Å². The highest BCUT2D eigenvalue weighted by molar-refractivity contribution is 7.89. The molecule has 1 aromatic rings. The van der Waals surface area contributed by atoms with Crippen LogP contribution in [0.15, 0.2) is 29.2 Å². The van der Waals surface area contributed by atoms with Crippen LogP contribution in [0.5, 0.6) is 0 Å². The Morgan fingerprint density at radius 1 is 1.05 bits per heavy atom. The second-order valence-electron chi connectivity index (χ2n) is 5.89. The molecule has 2 fully saturated rings. The molecule has 1 aromatic carbocycles. The van der Waals surface area contributed by atoms with E-state index in [4.69, 9.17) is 11.6 Å². The van der Waals surface area contributed by atoms with Crippen molar-refractivity contribution in [2.24, 2.45) is 11.8 Å². The fourth-order valence-electron chi connectivity index (χ4n) is 3.58. The molecule has 2 atom stereocenters. The second-order valence-corrected chi connectivity index (χ2v) is 8.20. The summed E-state index contributed by atoms with van der Waals surface area (Å²) in [6.07, 6.45) is 5.97. The first-order chi connectivity index (χ1) is 9.59. The van der Waals surface area contributed by atoms with Gasteiger partial charge in [0.2, 0.25) is 10.0 Å². The van der Waals surface area contributed by atoms with E-state index < -0.39 is 10.0 Å². The van der Waals surface area contributed by atoms with Gasteiger partial charge in [0.05, 0.1) is 5.02 Å². The number of fused-ring (bicyclic) bond motifs is 1. The van der Waals surface area contributed by atoms with Gasteiger partial charge in [0, 0.05) is 13.1 Å². The summed E-state index contributed by atoms with van der Waals surface area (Å²) in [5.41, 5.74) is 0. The maximum absolute atomic E-state index is 12.7. The fourth-order valence-corrected chi connectivity index (χ4v) is 5.58. The number of benzene rings is 1. The van der Waals surface area contributed by atoms with Crippen molar-refractivity contribution in [2.75, 3.05) is 13.1 Å². The molecule has 0 aromatic heterocycles. The van der Waals surface area contributed by atoms with Crippen LogP contribution in [0.4, 0.5) is 0 Å². The number of halogens is 1. The third-order valence-electron chi connectivity index (χ3n) is 4.71. The summed E-state index contributed by atoms with van der Waals surface area (Å²) in [7, 11) is -3.44.